The minimum absolute atomic E-state index is 0.137. The summed E-state index contributed by atoms with van der Waals surface area (Å²) in [5.41, 5.74) is 8.33. The average molecular weight is 284 g/mol. The van der Waals surface area contributed by atoms with Crippen molar-refractivity contribution in [3.8, 4) is 5.75 Å². The Labute approximate surface area is 127 Å². The van der Waals surface area contributed by atoms with Gasteiger partial charge in [0.05, 0.1) is 5.69 Å². The van der Waals surface area contributed by atoms with Crippen LogP contribution >= 0.6 is 0 Å². The van der Waals surface area contributed by atoms with Gasteiger partial charge in [0.25, 0.3) is 0 Å². The van der Waals surface area contributed by atoms with Gasteiger partial charge in [-0.1, -0.05) is 39.0 Å². The second-order valence-corrected chi connectivity index (χ2v) is 6.43. The molecular formula is C18H24N2O. The van der Waals surface area contributed by atoms with E-state index < -0.39 is 0 Å². The summed E-state index contributed by atoms with van der Waals surface area (Å²) >= 11 is 0. The molecule has 0 bridgehead atoms. The summed E-state index contributed by atoms with van der Waals surface area (Å²) in [7, 11) is 0. The van der Waals surface area contributed by atoms with E-state index in [1.54, 1.807) is 6.20 Å². The van der Waals surface area contributed by atoms with Crippen LogP contribution in [0.25, 0.3) is 0 Å². The highest BCUT2D eigenvalue weighted by atomic mass is 16.5. The lowest BCUT2D eigenvalue weighted by Gasteiger charge is -2.23. The number of hydrogen-bond donors (Lipinski definition) is 1. The van der Waals surface area contributed by atoms with Crippen molar-refractivity contribution in [2.24, 2.45) is 5.73 Å². The lowest BCUT2D eigenvalue weighted by molar-refractivity contribution is 0.175. The second-order valence-electron chi connectivity index (χ2n) is 6.43. The summed E-state index contributed by atoms with van der Waals surface area (Å²) in [6.07, 6.45) is 1.52. The minimum Gasteiger partial charge on any atom is -0.483 e. The fourth-order valence-corrected chi connectivity index (χ4v) is 2.16. The van der Waals surface area contributed by atoms with Gasteiger partial charge in [0.1, 0.15) is 5.75 Å². The van der Waals surface area contributed by atoms with Gasteiger partial charge in [-0.25, -0.2) is 0 Å². The highest BCUT2D eigenvalue weighted by molar-refractivity contribution is 5.31. The van der Waals surface area contributed by atoms with E-state index >= 15 is 0 Å². The third-order valence-electron chi connectivity index (χ3n) is 3.44. The Balaban J connectivity index is 2.18. The Morgan fingerprint density at radius 2 is 1.71 bits per heavy atom. The van der Waals surface area contributed by atoms with E-state index in [4.69, 9.17) is 10.5 Å². The monoisotopic (exact) mass is 284 g/mol. The van der Waals surface area contributed by atoms with Gasteiger partial charge in [0, 0.05) is 12.2 Å². The van der Waals surface area contributed by atoms with Crippen LogP contribution in [0.1, 0.15) is 45.1 Å². The Hall–Kier alpha value is -1.87. The molecule has 1 heterocycles. The fourth-order valence-electron chi connectivity index (χ4n) is 2.16. The molecule has 0 radical (unpaired) electrons. The molecule has 2 unspecified atom stereocenters. The van der Waals surface area contributed by atoms with Crippen LogP contribution in [-0.4, -0.2) is 11.0 Å². The van der Waals surface area contributed by atoms with E-state index in [-0.39, 0.29) is 17.6 Å². The number of hydrogen-bond acceptors (Lipinski definition) is 3. The Morgan fingerprint density at radius 1 is 1.05 bits per heavy atom. The van der Waals surface area contributed by atoms with Gasteiger partial charge < -0.3 is 10.5 Å². The summed E-state index contributed by atoms with van der Waals surface area (Å²) in [6.45, 7) is 8.52. The zero-order chi connectivity index (χ0) is 15.5. The first-order chi connectivity index (χ1) is 9.88. The maximum absolute atomic E-state index is 6.05. The summed E-state index contributed by atoms with van der Waals surface area (Å²) < 4.78 is 6.04. The molecule has 2 N–H and O–H groups in total. The second kappa shape index (κ2) is 6.27. The van der Waals surface area contributed by atoms with E-state index in [9.17, 15) is 0 Å². The fraction of sp³-hybridized carbons (Fsp3) is 0.389. The van der Waals surface area contributed by atoms with Crippen molar-refractivity contribution in [1.82, 2.24) is 4.98 Å². The third kappa shape index (κ3) is 4.05. The first-order valence-corrected chi connectivity index (χ1v) is 7.31. The first kappa shape index (κ1) is 15.5. The molecule has 0 amide bonds. The molecule has 2 atom stereocenters. The third-order valence-corrected chi connectivity index (χ3v) is 3.44. The smallest absolute Gasteiger partial charge is 0.155 e. The predicted molar refractivity (Wildman–Crippen MR) is 86.4 cm³/mol. The van der Waals surface area contributed by atoms with Gasteiger partial charge in [-0.2, -0.15) is 0 Å². The van der Waals surface area contributed by atoms with E-state index in [1.165, 1.54) is 5.56 Å². The van der Waals surface area contributed by atoms with Crippen LogP contribution in [0.2, 0.25) is 0 Å². The highest BCUT2D eigenvalue weighted by Crippen LogP contribution is 2.27. The summed E-state index contributed by atoms with van der Waals surface area (Å²) in [5, 5.41) is 0. The zero-order valence-electron chi connectivity index (χ0n) is 13.2. The molecule has 21 heavy (non-hydrogen) atoms. The van der Waals surface area contributed by atoms with E-state index in [1.807, 2.05) is 37.3 Å². The first-order valence-electron chi connectivity index (χ1n) is 7.31. The van der Waals surface area contributed by atoms with E-state index in [2.05, 4.69) is 37.9 Å². The van der Waals surface area contributed by atoms with Crippen LogP contribution in [-0.2, 0) is 5.41 Å². The summed E-state index contributed by atoms with van der Waals surface area (Å²) in [4.78, 5) is 4.35. The van der Waals surface area contributed by atoms with Gasteiger partial charge in [0.15, 0.2) is 6.10 Å². The SMILES string of the molecule is CC(N)C(Oc1ccc(C(C)(C)C)cc1)c1ccccn1. The zero-order valence-corrected chi connectivity index (χ0v) is 13.2. The van der Waals surface area contributed by atoms with E-state index in [0.29, 0.717) is 0 Å². The molecule has 0 aliphatic heterocycles. The highest BCUT2D eigenvalue weighted by Gasteiger charge is 2.20. The van der Waals surface area contributed by atoms with Crippen LogP contribution in [0.3, 0.4) is 0 Å². The predicted octanol–water partition coefficient (Wildman–Crippen LogP) is 3.85. The van der Waals surface area contributed by atoms with Gasteiger partial charge >= 0.3 is 0 Å². The van der Waals surface area contributed by atoms with Crippen LogP contribution in [0.5, 0.6) is 5.75 Å². The number of ether oxygens (including phenoxy) is 1. The van der Waals surface area contributed by atoms with Crippen molar-refractivity contribution in [3.63, 3.8) is 0 Å². The standard InChI is InChI=1S/C18H24N2O/c1-13(19)17(16-7-5-6-12-20-16)21-15-10-8-14(9-11-15)18(2,3)4/h5-13,17H,19H2,1-4H3. The number of rotatable bonds is 4. The molecule has 0 aliphatic rings. The summed E-state index contributed by atoms with van der Waals surface area (Å²) in [6, 6.07) is 13.8. The van der Waals surface area contributed by atoms with Crippen molar-refractivity contribution in [3.05, 3.63) is 59.9 Å². The van der Waals surface area contributed by atoms with Crippen LogP contribution in [0, 0.1) is 0 Å². The number of benzene rings is 1. The van der Waals surface area contributed by atoms with E-state index in [0.717, 1.165) is 11.4 Å². The number of nitrogens with zero attached hydrogens (tertiary/aromatic N) is 1. The van der Waals surface area contributed by atoms with Crippen molar-refractivity contribution >= 4 is 0 Å². The summed E-state index contributed by atoms with van der Waals surface area (Å²) in [5.74, 6) is 0.816. The molecule has 0 aliphatic carbocycles. The van der Waals surface area contributed by atoms with Crippen molar-refractivity contribution < 1.29 is 4.74 Å². The molecule has 0 fully saturated rings. The molecule has 3 nitrogen and oxygen atoms in total. The molecule has 0 saturated carbocycles. The van der Waals surface area contributed by atoms with Gasteiger partial charge in [-0.05, 0) is 42.2 Å². The molecule has 0 saturated heterocycles. The largest absolute Gasteiger partial charge is 0.483 e. The molecular weight excluding hydrogens is 260 g/mol. The maximum Gasteiger partial charge on any atom is 0.155 e. The average Bonchev–Trinajstić information content (AvgIpc) is 2.45. The Kier molecular flexibility index (Phi) is 4.63. The van der Waals surface area contributed by atoms with Gasteiger partial charge in [-0.15, -0.1) is 0 Å². The van der Waals surface area contributed by atoms with Crippen LogP contribution in [0.15, 0.2) is 48.7 Å². The lowest BCUT2D eigenvalue weighted by Crippen LogP contribution is -2.29. The van der Waals surface area contributed by atoms with Crippen LogP contribution < -0.4 is 10.5 Å². The molecule has 112 valence electrons. The molecule has 2 rings (SSSR count). The number of pyridine rings is 1. The van der Waals surface area contributed by atoms with Crippen LogP contribution in [0.4, 0.5) is 0 Å². The quantitative estimate of drug-likeness (QED) is 0.927. The number of aromatic nitrogens is 1. The van der Waals surface area contributed by atoms with Crippen molar-refractivity contribution in [2.75, 3.05) is 0 Å². The lowest BCUT2D eigenvalue weighted by atomic mass is 9.87. The molecule has 1 aromatic carbocycles. The van der Waals surface area contributed by atoms with Crippen molar-refractivity contribution in [2.45, 2.75) is 45.3 Å². The Bertz CT molecular complexity index is 556. The van der Waals surface area contributed by atoms with Gasteiger partial charge in [-0.3, -0.25) is 4.98 Å². The Morgan fingerprint density at radius 3 is 2.19 bits per heavy atom. The minimum atomic E-state index is -0.244. The molecule has 0 spiro atoms. The maximum atomic E-state index is 6.05. The van der Waals surface area contributed by atoms with Crippen molar-refractivity contribution in [1.29, 1.82) is 0 Å². The normalized spacial score (nSPS) is 14.5. The molecule has 3 heteroatoms. The molecule has 1 aromatic heterocycles. The number of nitrogens with two attached hydrogens (primary N) is 1. The van der Waals surface area contributed by atoms with Gasteiger partial charge in [0.2, 0.25) is 0 Å². The molecule has 2 aromatic rings. The topological polar surface area (TPSA) is 48.1 Å².